The molecule has 1 aliphatic rings. The number of nitrogens with one attached hydrogen (secondary N) is 1. The Hall–Kier alpha value is -3.67. The molecule has 6 heteroatoms. The smallest absolute Gasteiger partial charge is 0.408 e. The zero-order valence-electron chi connectivity index (χ0n) is 18.4. The van der Waals surface area contributed by atoms with E-state index in [1.165, 1.54) is 0 Å². The maximum Gasteiger partial charge on any atom is 0.408 e. The lowest BCUT2D eigenvalue weighted by atomic mass is 10.1. The first-order chi connectivity index (χ1) is 15.6. The summed E-state index contributed by atoms with van der Waals surface area (Å²) in [5, 5.41) is 3.48. The maximum absolute atomic E-state index is 13.6. The minimum Gasteiger partial charge on any atom is -0.445 e. The third-order valence-electron chi connectivity index (χ3n) is 5.60. The Balaban J connectivity index is 1.71. The van der Waals surface area contributed by atoms with E-state index < -0.39 is 12.1 Å². The standard InChI is InChI=1S/C26H27N3O3/c1-3-21(28-26(31)32-17-19-12-6-4-7-13-19)24-27-22-16-10-11-18(2)23(22)25(30)29(24)20-14-8-5-9-15-20/h5-6,8-16,21H,3-4,7,17H2,1-2H3,(H,28,31). The fourth-order valence-corrected chi connectivity index (χ4v) is 3.93. The van der Waals surface area contributed by atoms with Crippen LogP contribution in [0.3, 0.4) is 0 Å². The van der Waals surface area contributed by atoms with Crippen molar-refractivity contribution < 1.29 is 9.53 Å². The number of fused-ring (bicyclic) bond motifs is 1. The lowest BCUT2D eigenvalue weighted by molar-refractivity contribution is 0.151. The van der Waals surface area contributed by atoms with E-state index in [-0.39, 0.29) is 12.2 Å². The number of aryl methyl sites for hydroxylation is 1. The van der Waals surface area contributed by atoms with Gasteiger partial charge in [-0.2, -0.15) is 0 Å². The van der Waals surface area contributed by atoms with Gasteiger partial charge in [-0.05, 0) is 55.5 Å². The lowest BCUT2D eigenvalue weighted by Crippen LogP contribution is -2.35. The van der Waals surface area contributed by atoms with Crippen molar-refractivity contribution >= 4 is 17.0 Å². The molecule has 0 saturated carbocycles. The zero-order valence-corrected chi connectivity index (χ0v) is 18.4. The van der Waals surface area contributed by atoms with Crippen LogP contribution in [-0.2, 0) is 4.74 Å². The van der Waals surface area contributed by atoms with Gasteiger partial charge in [0.05, 0.1) is 22.6 Å². The molecule has 1 unspecified atom stereocenters. The number of para-hydroxylation sites is 1. The number of nitrogens with zero attached hydrogens (tertiary/aromatic N) is 2. The number of amides is 1. The van der Waals surface area contributed by atoms with Crippen LogP contribution >= 0.6 is 0 Å². The van der Waals surface area contributed by atoms with Crippen LogP contribution in [-0.4, -0.2) is 22.3 Å². The Morgan fingerprint density at radius 3 is 2.69 bits per heavy atom. The molecule has 1 atom stereocenters. The van der Waals surface area contributed by atoms with Gasteiger partial charge in [-0.15, -0.1) is 0 Å². The highest BCUT2D eigenvalue weighted by Crippen LogP contribution is 2.22. The van der Waals surface area contributed by atoms with Crippen molar-refractivity contribution in [3.8, 4) is 5.69 Å². The van der Waals surface area contributed by atoms with E-state index >= 15 is 0 Å². The van der Waals surface area contributed by atoms with Gasteiger partial charge < -0.3 is 10.1 Å². The van der Waals surface area contributed by atoms with Crippen molar-refractivity contribution in [2.45, 2.75) is 39.2 Å². The van der Waals surface area contributed by atoms with Crippen molar-refractivity contribution in [2.24, 2.45) is 0 Å². The molecule has 0 bridgehead atoms. The third kappa shape index (κ3) is 4.49. The fourth-order valence-electron chi connectivity index (χ4n) is 3.93. The van der Waals surface area contributed by atoms with Crippen molar-refractivity contribution in [3.63, 3.8) is 0 Å². The average molecular weight is 430 g/mol. The van der Waals surface area contributed by atoms with Crippen molar-refractivity contribution in [3.05, 3.63) is 94.1 Å². The molecule has 0 spiro atoms. The van der Waals surface area contributed by atoms with Gasteiger partial charge in [0.2, 0.25) is 0 Å². The number of allylic oxidation sites excluding steroid dienone is 2. The molecule has 1 N–H and O–H groups in total. The Kier molecular flexibility index (Phi) is 6.50. The number of aromatic nitrogens is 2. The second-order valence-electron chi connectivity index (χ2n) is 7.86. The second kappa shape index (κ2) is 9.64. The van der Waals surface area contributed by atoms with E-state index in [1.54, 1.807) is 4.57 Å². The van der Waals surface area contributed by atoms with Gasteiger partial charge in [-0.25, -0.2) is 9.78 Å². The summed E-state index contributed by atoms with van der Waals surface area (Å²) in [5.41, 5.74) is 3.02. The van der Waals surface area contributed by atoms with E-state index in [0.29, 0.717) is 28.8 Å². The number of carbonyl (C=O) groups excluding carboxylic acids is 1. The summed E-state index contributed by atoms with van der Waals surface area (Å²) >= 11 is 0. The van der Waals surface area contributed by atoms with Gasteiger partial charge in [-0.1, -0.05) is 55.5 Å². The molecule has 0 radical (unpaired) electrons. The predicted octanol–water partition coefficient (Wildman–Crippen LogP) is 5.15. The summed E-state index contributed by atoms with van der Waals surface area (Å²) < 4.78 is 7.03. The Labute approximate surface area is 187 Å². The first kappa shape index (κ1) is 21.6. The molecule has 6 nitrogen and oxygen atoms in total. The molecule has 4 rings (SSSR count). The molecule has 0 fully saturated rings. The minimum absolute atomic E-state index is 0.152. The average Bonchev–Trinajstić information content (AvgIpc) is 2.82. The largest absolute Gasteiger partial charge is 0.445 e. The van der Waals surface area contributed by atoms with Crippen LogP contribution in [0.1, 0.15) is 43.6 Å². The Morgan fingerprint density at radius 1 is 1.16 bits per heavy atom. The van der Waals surface area contributed by atoms with Gasteiger partial charge >= 0.3 is 6.09 Å². The highest BCUT2D eigenvalue weighted by atomic mass is 16.5. The molecule has 0 aliphatic heterocycles. The van der Waals surface area contributed by atoms with Gasteiger partial charge in [0, 0.05) is 0 Å². The van der Waals surface area contributed by atoms with Crippen molar-refractivity contribution in [2.75, 3.05) is 6.61 Å². The molecule has 1 heterocycles. The number of ether oxygens (including phenoxy) is 1. The fraction of sp³-hybridized carbons (Fsp3) is 0.269. The van der Waals surface area contributed by atoms with E-state index in [4.69, 9.17) is 9.72 Å². The van der Waals surface area contributed by atoms with Crippen LogP contribution in [0.4, 0.5) is 4.79 Å². The van der Waals surface area contributed by atoms with Gasteiger partial charge in [-0.3, -0.25) is 9.36 Å². The summed E-state index contributed by atoms with van der Waals surface area (Å²) in [4.78, 5) is 31.0. The normalized spacial score (nSPS) is 14.1. The molecule has 32 heavy (non-hydrogen) atoms. The van der Waals surface area contributed by atoms with Crippen molar-refractivity contribution in [1.82, 2.24) is 14.9 Å². The number of alkyl carbamates (subject to hydrolysis) is 1. The number of carbonyl (C=O) groups is 1. The second-order valence-corrected chi connectivity index (χ2v) is 7.86. The predicted molar refractivity (Wildman–Crippen MR) is 126 cm³/mol. The summed E-state index contributed by atoms with van der Waals surface area (Å²) in [6.07, 6.45) is 8.11. The topological polar surface area (TPSA) is 73.2 Å². The van der Waals surface area contributed by atoms with E-state index in [0.717, 1.165) is 24.0 Å². The van der Waals surface area contributed by atoms with Crippen LogP contribution in [0.5, 0.6) is 0 Å². The molecule has 3 aromatic rings. The summed E-state index contributed by atoms with van der Waals surface area (Å²) in [5.74, 6) is 0.482. The Morgan fingerprint density at radius 2 is 1.97 bits per heavy atom. The van der Waals surface area contributed by atoms with Gasteiger partial charge in [0.1, 0.15) is 12.4 Å². The van der Waals surface area contributed by atoms with E-state index in [9.17, 15) is 9.59 Å². The van der Waals surface area contributed by atoms with E-state index in [2.05, 4.69) is 17.5 Å². The van der Waals surface area contributed by atoms with E-state index in [1.807, 2.05) is 68.5 Å². The molecule has 164 valence electrons. The number of benzene rings is 2. The van der Waals surface area contributed by atoms with Gasteiger partial charge in [0.25, 0.3) is 5.56 Å². The molecular weight excluding hydrogens is 402 g/mol. The monoisotopic (exact) mass is 429 g/mol. The lowest BCUT2D eigenvalue weighted by Gasteiger charge is -2.22. The van der Waals surface area contributed by atoms with Gasteiger partial charge in [0.15, 0.2) is 0 Å². The highest BCUT2D eigenvalue weighted by molar-refractivity contribution is 5.81. The zero-order chi connectivity index (χ0) is 22.5. The number of hydrogen-bond donors (Lipinski definition) is 1. The quantitative estimate of drug-likeness (QED) is 0.588. The molecule has 0 saturated heterocycles. The molecule has 1 amide bonds. The van der Waals surface area contributed by atoms with Crippen LogP contribution in [0.15, 0.2) is 77.1 Å². The van der Waals surface area contributed by atoms with Crippen LogP contribution in [0.25, 0.3) is 16.6 Å². The molecular formula is C26H27N3O3. The summed E-state index contributed by atoms with van der Waals surface area (Å²) in [7, 11) is 0. The molecule has 1 aromatic heterocycles. The Bertz CT molecular complexity index is 1240. The first-order valence-corrected chi connectivity index (χ1v) is 10.9. The number of rotatable bonds is 6. The van der Waals surface area contributed by atoms with Crippen LogP contribution in [0, 0.1) is 6.92 Å². The molecule has 2 aromatic carbocycles. The van der Waals surface area contributed by atoms with Crippen LogP contribution < -0.4 is 10.9 Å². The SMILES string of the molecule is CCC(NC(=O)OCC1=CCCC=C1)c1nc2cccc(C)c2c(=O)n1-c1ccccc1. The maximum atomic E-state index is 13.6. The summed E-state index contributed by atoms with van der Waals surface area (Å²) in [6, 6.07) is 14.5. The highest BCUT2D eigenvalue weighted by Gasteiger charge is 2.23. The third-order valence-corrected chi connectivity index (χ3v) is 5.60. The van der Waals surface area contributed by atoms with Crippen molar-refractivity contribution in [1.29, 1.82) is 0 Å². The minimum atomic E-state index is -0.532. The first-order valence-electron chi connectivity index (χ1n) is 10.9. The number of hydrogen-bond acceptors (Lipinski definition) is 4. The molecule has 1 aliphatic carbocycles. The summed E-state index contributed by atoms with van der Waals surface area (Å²) in [6.45, 7) is 4.07. The van der Waals surface area contributed by atoms with Crippen LogP contribution in [0.2, 0.25) is 0 Å².